The third-order valence-corrected chi connectivity index (χ3v) is 6.15. The van der Waals surface area contributed by atoms with Crippen molar-refractivity contribution in [2.45, 2.75) is 58.5 Å². The van der Waals surface area contributed by atoms with E-state index in [0.717, 1.165) is 47.5 Å². The van der Waals surface area contributed by atoms with Crippen molar-refractivity contribution in [2.75, 3.05) is 27.4 Å². The van der Waals surface area contributed by atoms with Gasteiger partial charge in [-0.1, -0.05) is 25.5 Å². The molecule has 1 unspecified atom stereocenters. The molecule has 0 bridgehead atoms. The highest BCUT2D eigenvalue weighted by atomic mass is 16.6. The molecule has 0 fully saturated rings. The number of ether oxygens (including phenoxy) is 5. The molecule has 0 spiro atoms. The number of carbonyl (C=O) groups is 2. The topological polar surface area (TPSA) is 80.3 Å². The molecule has 0 aliphatic carbocycles. The van der Waals surface area contributed by atoms with E-state index in [1.54, 1.807) is 25.3 Å². The Labute approximate surface area is 213 Å². The highest BCUT2D eigenvalue weighted by molar-refractivity contribution is 5.97. The van der Waals surface area contributed by atoms with Gasteiger partial charge < -0.3 is 23.7 Å². The van der Waals surface area contributed by atoms with Gasteiger partial charge in [0.05, 0.1) is 33.0 Å². The summed E-state index contributed by atoms with van der Waals surface area (Å²) in [6, 6.07) is 7.53. The van der Waals surface area contributed by atoms with Crippen LogP contribution < -0.4 is 18.9 Å². The Morgan fingerprint density at radius 3 is 2.39 bits per heavy atom. The molecule has 0 saturated heterocycles. The summed E-state index contributed by atoms with van der Waals surface area (Å²) in [4.78, 5) is 24.0. The number of hydrogen-bond donors (Lipinski definition) is 0. The van der Waals surface area contributed by atoms with Crippen LogP contribution in [0.15, 0.2) is 36.9 Å². The standard InChI is InChI=1S/C29H36O7/c1-6-9-22-24(14-11-20-12-15-26(29(31)33-5)36-27(20)22)34-17-8-18-35-25-16-13-21(19(3)30)28(32-4)23(25)10-7-2/h7,11,13-14,16,26H,2,6,8-10,12,15,17-18H2,1,3-5H3. The Bertz CT molecular complexity index is 1090. The van der Waals surface area contributed by atoms with Crippen LogP contribution in [-0.2, 0) is 28.8 Å². The van der Waals surface area contributed by atoms with Gasteiger partial charge in [0.25, 0.3) is 0 Å². The van der Waals surface area contributed by atoms with Gasteiger partial charge in [-0.2, -0.15) is 0 Å². The van der Waals surface area contributed by atoms with E-state index in [0.29, 0.717) is 49.5 Å². The summed E-state index contributed by atoms with van der Waals surface area (Å²) in [6.45, 7) is 8.31. The van der Waals surface area contributed by atoms with Crippen LogP contribution in [0.4, 0.5) is 0 Å². The summed E-state index contributed by atoms with van der Waals surface area (Å²) in [5, 5.41) is 0. The lowest BCUT2D eigenvalue weighted by Gasteiger charge is -2.27. The van der Waals surface area contributed by atoms with E-state index in [1.165, 1.54) is 14.0 Å². The Morgan fingerprint density at radius 2 is 1.78 bits per heavy atom. The van der Waals surface area contributed by atoms with Crippen LogP contribution >= 0.6 is 0 Å². The number of fused-ring (bicyclic) bond motifs is 1. The molecule has 1 aliphatic heterocycles. The number of benzene rings is 2. The number of aryl methyl sites for hydroxylation is 1. The molecular weight excluding hydrogens is 460 g/mol. The van der Waals surface area contributed by atoms with Crippen molar-refractivity contribution in [3.05, 3.63) is 59.2 Å². The minimum absolute atomic E-state index is 0.0630. The quantitative estimate of drug-likeness (QED) is 0.161. The first kappa shape index (κ1) is 27.1. The molecule has 1 aliphatic rings. The molecule has 0 radical (unpaired) electrons. The smallest absolute Gasteiger partial charge is 0.347 e. The van der Waals surface area contributed by atoms with Crippen molar-refractivity contribution in [2.24, 2.45) is 0 Å². The summed E-state index contributed by atoms with van der Waals surface area (Å²) in [5.74, 6) is 2.29. The maximum Gasteiger partial charge on any atom is 0.347 e. The Morgan fingerprint density at radius 1 is 1.08 bits per heavy atom. The molecule has 2 aromatic rings. The Hall–Kier alpha value is -3.48. The van der Waals surface area contributed by atoms with Crippen LogP contribution in [-0.4, -0.2) is 45.3 Å². The normalized spacial score (nSPS) is 14.3. The largest absolute Gasteiger partial charge is 0.496 e. The summed E-state index contributed by atoms with van der Waals surface area (Å²) in [6.07, 6.45) is 5.43. The molecule has 3 rings (SSSR count). The highest BCUT2D eigenvalue weighted by Gasteiger charge is 2.29. The number of allylic oxidation sites excluding steroid dienone is 1. The second-order valence-corrected chi connectivity index (χ2v) is 8.67. The van der Waals surface area contributed by atoms with E-state index < -0.39 is 6.10 Å². The molecule has 194 valence electrons. The summed E-state index contributed by atoms with van der Waals surface area (Å²) < 4.78 is 28.6. The predicted molar refractivity (Wildman–Crippen MR) is 138 cm³/mol. The van der Waals surface area contributed by atoms with Gasteiger partial charge in [0.1, 0.15) is 23.0 Å². The Kier molecular flexibility index (Phi) is 9.79. The molecular formula is C29H36O7. The predicted octanol–water partition coefficient (Wildman–Crippen LogP) is 5.29. The lowest BCUT2D eigenvalue weighted by atomic mass is 9.96. The zero-order chi connectivity index (χ0) is 26.1. The maximum absolute atomic E-state index is 12.0. The lowest BCUT2D eigenvalue weighted by Crippen LogP contribution is -2.32. The molecule has 0 saturated carbocycles. The first-order valence-electron chi connectivity index (χ1n) is 12.4. The van der Waals surface area contributed by atoms with Crippen LogP contribution in [0, 0.1) is 0 Å². The number of rotatable bonds is 13. The summed E-state index contributed by atoms with van der Waals surface area (Å²) in [7, 11) is 2.93. The van der Waals surface area contributed by atoms with Crippen molar-refractivity contribution in [3.8, 4) is 23.0 Å². The van der Waals surface area contributed by atoms with Crippen LogP contribution in [0.1, 0.15) is 60.2 Å². The molecule has 36 heavy (non-hydrogen) atoms. The zero-order valence-electron chi connectivity index (χ0n) is 21.7. The van der Waals surface area contributed by atoms with Gasteiger partial charge >= 0.3 is 5.97 Å². The zero-order valence-corrected chi connectivity index (χ0v) is 21.7. The molecule has 1 heterocycles. The SMILES string of the molecule is C=CCc1c(OCCCOc2ccc3c(c2CCC)OC(C(=O)OC)CC3)ccc(C(C)=O)c1OC. The average Bonchev–Trinajstić information content (AvgIpc) is 2.89. The number of Topliss-reactive ketones (excluding diaryl/α,β-unsaturated/α-hetero) is 1. The van der Waals surface area contributed by atoms with E-state index in [-0.39, 0.29) is 11.8 Å². The summed E-state index contributed by atoms with van der Waals surface area (Å²) in [5.41, 5.74) is 3.41. The fourth-order valence-electron chi connectivity index (χ4n) is 4.43. The second kappa shape index (κ2) is 13.0. The Balaban J connectivity index is 1.66. The number of hydrogen-bond acceptors (Lipinski definition) is 7. The van der Waals surface area contributed by atoms with Crippen molar-refractivity contribution in [1.29, 1.82) is 0 Å². The number of esters is 1. The van der Waals surface area contributed by atoms with Crippen LogP contribution in [0.5, 0.6) is 23.0 Å². The fraction of sp³-hybridized carbons (Fsp3) is 0.448. The van der Waals surface area contributed by atoms with E-state index in [2.05, 4.69) is 13.5 Å². The van der Waals surface area contributed by atoms with Crippen LogP contribution in [0.3, 0.4) is 0 Å². The van der Waals surface area contributed by atoms with Gasteiger partial charge in [0.15, 0.2) is 11.9 Å². The molecule has 7 heteroatoms. The fourth-order valence-corrected chi connectivity index (χ4v) is 4.43. The minimum atomic E-state index is -0.585. The van der Waals surface area contributed by atoms with Gasteiger partial charge in [-0.25, -0.2) is 4.79 Å². The lowest BCUT2D eigenvalue weighted by molar-refractivity contribution is -0.149. The molecule has 0 amide bonds. The van der Waals surface area contributed by atoms with E-state index >= 15 is 0 Å². The van der Waals surface area contributed by atoms with Gasteiger partial charge in [-0.3, -0.25) is 4.79 Å². The van der Waals surface area contributed by atoms with Crippen LogP contribution in [0.2, 0.25) is 0 Å². The van der Waals surface area contributed by atoms with Crippen molar-refractivity contribution < 1.29 is 33.3 Å². The van der Waals surface area contributed by atoms with Crippen molar-refractivity contribution in [3.63, 3.8) is 0 Å². The monoisotopic (exact) mass is 496 g/mol. The third-order valence-electron chi connectivity index (χ3n) is 6.15. The second-order valence-electron chi connectivity index (χ2n) is 8.67. The maximum atomic E-state index is 12.0. The molecule has 0 aromatic heterocycles. The molecule has 7 nitrogen and oxygen atoms in total. The van der Waals surface area contributed by atoms with Gasteiger partial charge in [-0.15, -0.1) is 6.58 Å². The van der Waals surface area contributed by atoms with Crippen molar-refractivity contribution in [1.82, 2.24) is 0 Å². The molecule has 1 atom stereocenters. The first-order chi connectivity index (χ1) is 17.4. The minimum Gasteiger partial charge on any atom is -0.496 e. The van der Waals surface area contributed by atoms with Gasteiger partial charge in [-0.05, 0) is 56.4 Å². The number of methoxy groups -OCH3 is 2. The average molecular weight is 497 g/mol. The van der Waals surface area contributed by atoms with Gasteiger partial charge in [0.2, 0.25) is 0 Å². The van der Waals surface area contributed by atoms with E-state index in [4.69, 9.17) is 23.7 Å². The van der Waals surface area contributed by atoms with Crippen LogP contribution in [0.25, 0.3) is 0 Å². The van der Waals surface area contributed by atoms with Crippen molar-refractivity contribution >= 4 is 11.8 Å². The highest BCUT2D eigenvalue weighted by Crippen LogP contribution is 2.38. The van der Waals surface area contributed by atoms with Gasteiger partial charge in [0, 0.05) is 17.5 Å². The number of carbonyl (C=O) groups excluding carboxylic acids is 2. The van der Waals surface area contributed by atoms with E-state index in [1.807, 2.05) is 12.1 Å². The first-order valence-corrected chi connectivity index (χ1v) is 12.4. The molecule has 0 N–H and O–H groups in total. The third kappa shape index (κ3) is 6.20. The summed E-state index contributed by atoms with van der Waals surface area (Å²) >= 11 is 0. The molecule has 2 aromatic carbocycles. The number of ketones is 1. The van der Waals surface area contributed by atoms with E-state index in [9.17, 15) is 9.59 Å².